The minimum Gasteiger partial charge on any atom is -0.497 e. The molecule has 1 saturated carbocycles. The van der Waals surface area contributed by atoms with Gasteiger partial charge in [-0.15, -0.1) is 24.0 Å². The number of hydrogen-bond acceptors (Lipinski definition) is 3. The summed E-state index contributed by atoms with van der Waals surface area (Å²) >= 11 is 0. The first-order chi connectivity index (χ1) is 11.3. The Balaban J connectivity index is 0.00000208. The molecule has 2 aliphatic rings. The van der Waals surface area contributed by atoms with Crippen LogP contribution >= 0.6 is 24.0 Å². The molecule has 0 spiro atoms. The minimum absolute atomic E-state index is 0. The summed E-state index contributed by atoms with van der Waals surface area (Å²) in [7, 11) is 1.72. The lowest BCUT2D eigenvalue weighted by atomic mass is 10.1. The molecule has 5 nitrogen and oxygen atoms in total. The van der Waals surface area contributed by atoms with Gasteiger partial charge in [0.25, 0.3) is 0 Å². The number of nitrogens with zero attached hydrogens (tertiary/aromatic N) is 2. The molecular formula is C18H29IN4O. The SMILES string of the molecule is CCNC(=NCC1CCN(c2cccc(OC)c2)C1)NC1CC1.I. The zero-order valence-electron chi connectivity index (χ0n) is 14.6. The lowest BCUT2D eigenvalue weighted by Gasteiger charge is -2.19. The molecule has 24 heavy (non-hydrogen) atoms. The van der Waals surface area contributed by atoms with Crippen LogP contribution in [0.25, 0.3) is 0 Å². The average Bonchev–Trinajstić information content (AvgIpc) is 3.27. The van der Waals surface area contributed by atoms with Crippen molar-refractivity contribution in [2.24, 2.45) is 10.9 Å². The lowest BCUT2D eigenvalue weighted by molar-refractivity contribution is 0.415. The van der Waals surface area contributed by atoms with Crippen LogP contribution in [0.3, 0.4) is 0 Å². The van der Waals surface area contributed by atoms with Gasteiger partial charge >= 0.3 is 0 Å². The van der Waals surface area contributed by atoms with Crippen molar-refractivity contribution in [1.82, 2.24) is 10.6 Å². The molecular weight excluding hydrogens is 415 g/mol. The summed E-state index contributed by atoms with van der Waals surface area (Å²) in [6.07, 6.45) is 3.75. The van der Waals surface area contributed by atoms with E-state index in [0.717, 1.165) is 37.9 Å². The molecule has 1 aromatic carbocycles. The van der Waals surface area contributed by atoms with E-state index < -0.39 is 0 Å². The third-order valence-corrected chi connectivity index (χ3v) is 4.47. The molecule has 2 fully saturated rings. The number of ether oxygens (including phenoxy) is 1. The number of hydrogen-bond donors (Lipinski definition) is 2. The van der Waals surface area contributed by atoms with Gasteiger partial charge < -0.3 is 20.3 Å². The van der Waals surface area contributed by atoms with Crippen molar-refractivity contribution in [2.75, 3.05) is 38.2 Å². The molecule has 1 aromatic rings. The number of rotatable bonds is 6. The van der Waals surface area contributed by atoms with Crippen LogP contribution in [0.4, 0.5) is 5.69 Å². The summed E-state index contributed by atoms with van der Waals surface area (Å²) in [6, 6.07) is 8.97. The van der Waals surface area contributed by atoms with Gasteiger partial charge in [0.2, 0.25) is 0 Å². The fourth-order valence-electron chi connectivity index (χ4n) is 2.98. The Morgan fingerprint density at radius 1 is 1.33 bits per heavy atom. The summed E-state index contributed by atoms with van der Waals surface area (Å²) in [6.45, 7) is 6.09. The smallest absolute Gasteiger partial charge is 0.191 e. The fourth-order valence-corrected chi connectivity index (χ4v) is 2.98. The molecule has 1 saturated heterocycles. The topological polar surface area (TPSA) is 48.9 Å². The average molecular weight is 444 g/mol. The molecule has 0 amide bonds. The van der Waals surface area contributed by atoms with Crippen LogP contribution < -0.4 is 20.3 Å². The quantitative estimate of drug-likeness (QED) is 0.403. The van der Waals surface area contributed by atoms with E-state index in [4.69, 9.17) is 9.73 Å². The summed E-state index contributed by atoms with van der Waals surface area (Å²) in [4.78, 5) is 7.22. The summed E-state index contributed by atoms with van der Waals surface area (Å²) in [5, 5.41) is 6.83. The monoisotopic (exact) mass is 444 g/mol. The first-order valence-corrected chi connectivity index (χ1v) is 8.72. The maximum absolute atomic E-state index is 5.32. The van der Waals surface area contributed by atoms with Crippen molar-refractivity contribution >= 4 is 35.6 Å². The second-order valence-corrected chi connectivity index (χ2v) is 6.44. The zero-order chi connectivity index (χ0) is 16.1. The fraction of sp³-hybridized carbons (Fsp3) is 0.611. The Morgan fingerprint density at radius 2 is 2.17 bits per heavy atom. The standard InChI is InChI=1S/C18H28N4O.HI/c1-3-19-18(21-15-7-8-15)20-12-14-9-10-22(13-14)16-5-4-6-17(11-16)23-2;/h4-6,11,14-15H,3,7-10,12-13H2,1-2H3,(H2,19,20,21);1H. The summed E-state index contributed by atoms with van der Waals surface area (Å²) < 4.78 is 5.32. The first-order valence-electron chi connectivity index (χ1n) is 8.72. The highest BCUT2D eigenvalue weighted by atomic mass is 127. The van der Waals surface area contributed by atoms with Crippen molar-refractivity contribution in [3.8, 4) is 5.75 Å². The highest BCUT2D eigenvalue weighted by Gasteiger charge is 2.24. The second-order valence-electron chi connectivity index (χ2n) is 6.44. The molecule has 1 aliphatic carbocycles. The highest BCUT2D eigenvalue weighted by molar-refractivity contribution is 14.0. The molecule has 1 heterocycles. The van der Waals surface area contributed by atoms with E-state index in [2.05, 4.69) is 40.7 Å². The third kappa shape index (κ3) is 5.43. The summed E-state index contributed by atoms with van der Waals surface area (Å²) in [5.41, 5.74) is 1.25. The third-order valence-electron chi connectivity index (χ3n) is 4.47. The molecule has 1 unspecified atom stereocenters. The Hall–Kier alpha value is -1.18. The van der Waals surface area contributed by atoms with Crippen LogP contribution in [0.5, 0.6) is 5.75 Å². The van der Waals surface area contributed by atoms with E-state index in [9.17, 15) is 0 Å². The Morgan fingerprint density at radius 3 is 2.88 bits per heavy atom. The molecule has 134 valence electrons. The van der Waals surface area contributed by atoms with Crippen molar-refractivity contribution in [3.63, 3.8) is 0 Å². The first kappa shape index (κ1) is 19.1. The number of benzene rings is 1. The van der Waals surface area contributed by atoms with E-state index in [-0.39, 0.29) is 24.0 Å². The van der Waals surface area contributed by atoms with Gasteiger partial charge in [-0.05, 0) is 44.2 Å². The number of halogens is 1. The van der Waals surface area contributed by atoms with Crippen molar-refractivity contribution < 1.29 is 4.74 Å². The molecule has 6 heteroatoms. The van der Waals surface area contributed by atoms with Gasteiger partial charge in [-0.25, -0.2) is 0 Å². The van der Waals surface area contributed by atoms with Gasteiger partial charge in [0.1, 0.15) is 5.75 Å². The van der Waals surface area contributed by atoms with Crippen LogP contribution in [0, 0.1) is 5.92 Å². The predicted octanol–water partition coefficient (Wildman–Crippen LogP) is 2.86. The van der Waals surface area contributed by atoms with Crippen molar-refractivity contribution in [2.45, 2.75) is 32.2 Å². The largest absolute Gasteiger partial charge is 0.497 e. The number of aliphatic imine (C=N–C) groups is 1. The van der Waals surface area contributed by atoms with Gasteiger partial charge in [0.15, 0.2) is 5.96 Å². The number of methoxy groups -OCH3 is 1. The normalized spacial score (nSPS) is 20.5. The number of guanidine groups is 1. The second kappa shape index (κ2) is 9.34. The van der Waals surface area contributed by atoms with Gasteiger partial charge in [-0.2, -0.15) is 0 Å². The molecule has 0 radical (unpaired) electrons. The van der Waals surface area contributed by atoms with E-state index in [1.54, 1.807) is 7.11 Å². The molecule has 2 N–H and O–H groups in total. The van der Waals surface area contributed by atoms with E-state index in [1.165, 1.54) is 24.9 Å². The maximum Gasteiger partial charge on any atom is 0.191 e. The predicted molar refractivity (Wildman–Crippen MR) is 111 cm³/mol. The Labute approximate surface area is 162 Å². The van der Waals surface area contributed by atoms with E-state index in [0.29, 0.717) is 12.0 Å². The van der Waals surface area contributed by atoms with Gasteiger partial charge in [-0.3, -0.25) is 4.99 Å². The highest BCUT2D eigenvalue weighted by Crippen LogP contribution is 2.27. The number of anilines is 1. The van der Waals surface area contributed by atoms with Gasteiger partial charge in [0, 0.05) is 44.0 Å². The molecule has 3 rings (SSSR count). The van der Waals surface area contributed by atoms with E-state index in [1.807, 2.05) is 6.07 Å². The van der Waals surface area contributed by atoms with E-state index >= 15 is 0 Å². The number of nitrogens with one attached hydrogen (secondary N) is 2. The Kier molecular flexibility index (Phi) is 7.45. The van der Waals surface area contributed by atoms with Gasteiger partial charge in [0.05, 0.1) is 7.11 Å². The molecule has 0 bridgehead atoms. The van der Waals surface area contributed by atoms with Crippen molar-refractivity contribution in [1.29, 1.82) is 0 Å². The van der Waals surface area contributed by atoms with Crippen LogP contribution in [-0.2, 0) is 0 Å². The van der Waals surface area contributed by atoms with Crippen LogP contribution in [0.15, 0.2) is 29.3 Å². The van der Waals surface area contributed by atoms with Crippen LogP contribution in [0.2, 0.25) is 0 Å². The zero-order valence-corrected chi connectivity index (χ0v) is 17.0. The lowest BCUT2D eigenvalue weighted by Crippen LogP contribution is -2.39. The van der Waals surface area contributed by atoms with Crippen molar-refractivity contribution in [3.05, 3.63) is 24.3 Å². The Bertz CT molecular complexity index is 548. The van der Waals surface area contributed by atoms with Crippen LogP contribution in [0.1, 0.15) is 26.2 Å². The summed E-state index contributed by atoms with van der Waals surface area (Å²) in [5.74, 6) is 2.53. The van der Waals surface area contributed by atoms with Gasteiger partial charge in [-0.1, -0.05) is 6.07 Å². The maximum atomic E-state index is 5.32. The molecule has 1 atom stereocenters. The minimum atomic E-state index is 0. The molecule has 1 aliphatic heterocycles. The molecule has 0 aromatic heterocycles. The van der Waals surface area contributed by atoms with Crippen LogP contribution in [-0.4, -0.2) is 45.3 Å².